The first kappa shape index (κ1) is 16.5. The van der Waals surface area contributed by atoms with E-state index in [9.17, 15) is 14.0 Å². The zero-order chi connectivity index (χ0) is 17.6. The summed E-state index contributed by atoms with van der Waals surface area (Å²) in [7, 11) is 0. The lowest BCUT2D eigenvalue weighted by Crippen LogP contribution is -2.38. The molecule has 0 unspecified atom stereocenters. The fourth-order valence-corrected chi connectivity index (χ4v) is 3.12. The summed E-state index contributed by atoms with van der Waals surface area (Å²) in [5.41, 5.74) is 6.41. The van der Waals surface area contributed by atoms with Gasteiger partial charge >= 0.3 is 6.09 Å². The topological polar surface area (TPSA) is 101 Å². The monoisotopic (exact) mass is 372 g/mol. The van der Waals surface area contributed by atoms with Crippen molar-refractivity contribution in [3.05, 3.63) is 39.3 Å². The Morgan fingerprint density at radius 2 is 1.88 bits per heavy atom. The van der Waals surface area contributed by atoms with E-state index in [0.29, 0.717) is 11.3 Å². The largest absolute Gasteiger partial charge is 0.465 e. The van der Waals surface area contributed by atoms with Gasteiger partial charge in [-0.2, -0.15) is 5.10 Å². The highest BCUT2D eigenvalue weighted by molar-refractivity contribution is 6.35. The lowest BCUT2D eigenvalue weighted by Gasteiger charge is -2.25. The van der Waals surface area contributed by atoms with E-state index in [0.717, 1.165) is 4.90 Å². The second-order valence-electron chi connectivity index (χ2n) is 5.22. The fourth-order valence-electron chi connectivity index (χ4n) is 2.63. The molecule has 2 amide bonds. The number of fused-ring (bicyclic) bond motifs is 1. The highest BCUT2D eigenvalue weighted by Crippen LogP contribution is 2.33. The summed E-state index contributed by atoms with van der Waals surface area (Å²) in [6, 6.07) is 2.58. The van der Waals surface area contributed by atoms with Crippen molar-refractivity contribution in [3.8, 4) is 11.3 Å². The number of nitrogens with two attached hydrogens (primary N) is 1. The van der Waals surface area contributed by atoms with Gasteiger partial charge in [-0.1, -0.05) is 23.2 Å². The first-order valence-electron chi connectivity index (χ1n) is 6.82. The molecule has 24 heavy (non-hydrogen) atoms. The molecule has 10 heteroatoms. The zero-order valence-electron chi connectivity index (χ0n) is 12.1. The number of primary amides is 1. The zero-order valence-corrected chi connectivity index (χ0v) is 13.6. The van der Waals surface area contributed by atoms with Gasteiger partial charge in [0.25, 0.3) is 5.91 Å². The molecule has 7 nitrogen and oxygen atoms in total. The fraction of sp³-hybridized carbons (Fsp3) is 0.214. The Kier molecular flexibility index (Phi) is 4.10. The summed E-state index contributed by atoms with van der Waals surface area (Å²) in [6.45, 7) is 0.473. The van der Waals surface area contributed by atoms with Crippen molar-refractivity contribution in [2.24, 2.45) is 5.73 Å². The summed E-state index contributed by atoms with van der Waals surface area (Å²) in [5.74, 6) is -1.54. The molecule has 2 heterocycles. The number of carboxylic acid groups (broad SMARTS) is 1. The molecule has 3 N–H and O–H groups in total. The van der Waals surface area contributed by atoms with Crippen molar-refractivity contribution in [3.63, 3.8) is 0 Å². The summed E-state index contributed by atoms with van der Waals surface area (Å²) in [6.07, 6.45) is -1.10. The van der Waals surface area contributed by atoms with Gasteiger partial charge in [-0.05, 0) is 12.1 Å². The molecule has 0 atom stereocenters. The molecule has 1 aliphatic rings. The van der Waals surface area contributed by atoms with E-state index in [4.69, 9.17) is 34.0 Å². The van der Waals surface area contributed by atoms with Gasteiger partial charge in [0, 0.05) is 12.1 Å². The van der Waals surface area contributed by atoms with Crippen LogP contribution in [0.1, 0.15) is 16.1 Å². The van der Waals surface area contributed by atoms with Crippen LogP contribution in [0.5, 0.6) is 0 Å². The van der Waals surface area contributed by atoms with E-state index in [1.54, 1.807) is 0 Å². The van der Waals surface area contributed by atoms with Crippen LogP contribution < -0.4 is 5.73 Å². The summed E-state index contributed by atoms with van der Waals surface area (Å²) < 4.78 is 15.1. The van der Waals surface area contributed by atoms with Gasteiger partial charge in [0.1, 0.15) is 5.69 Å². The minimum absolute atomic E-state index is 0.0245. The molecule has 126 valence electrons. The Balaban J connectivity index is 2.17. The molecular weight excluding hydrogens is 362 g/mol. The van der Waals surface area contributed by atoms with Gasteiger partial charge in [0.05, 0.1) is 34.4 Å². The van der Waals surface area contributed by atoms with Crippen LogP contribution in [-0.2, 0) is 13.1 Å². The van der Waals surface area contributed by atoms with E-state index in [1.165, 1.54) is 16.8 Å². The second kappa shape index (κ2) is 5.95. The molecular formula is C14H11Cl2FN4O3. The van der Waals surface area contributed by atoms with Crippen molar-refractivity contribution < 1.29 is 19.1 Å². The predicted octanol–water partition coefficient (Wildman–Crippen LogP) is 2.59. The Morgan fingerprint density at radius 1 is 1.25 bits per heavy atom. The number of hydrogen-bond donors (Lipinski definition) is 2. The molecule has 1 aliphatic heterocycles. The quantitative estimate of drug-likeness (QED) is 0.790. The number of carbonyl (C=O) groups excluding carboxylic acids is 1. The molecule has 0 saturated heterocycles. The Morgan fingerprint density at radius 3 is 2.42 bits per heavy atom. The van der Waals surface area contributed by atoms with E-state index < -0.39 is 17.8 Å². The number of nitrogens with zero attached hydrogens (tertiary/aromatic N) is 3. The summed E-state index contributed by atoms with van der Waals surface area (Å²) in [4.78, 5) is 24.2. The van der Waals surface area contributed by atoms with Crippen LogP contribution in [0.4, 0.5) is 9.18 Å². The van der Waals surface area contributed by atoms with Crippen LogP contribution in [0, 0.1) is 5.82 Å². The van der Waals surface area contributed by atoms with E-state index in [1.807, 2.05) is 0 Å². The highest BCUT2D eigenvalue weighted by Gasteiger charge is 2.29. The highest BCUT2D eigenvalue weighted by atomic mass is 35.5. The molecule has 0 radical (unpaired) electrons. The predicted molar refractivity (Wildman–Crippen MR) is 84.6 cm³/mol. The maximum atomic E-state index is 13.6. The Hall–Kier alpha value is -2.32. The number of aromatic nitrogens is 2. The van der Waals surface area contributed by atoms with Gasteiger partial charge in [-0.15, -0.1) is 0 Å². The minimum Gasteiger partial charge on any atom is -0.465 e. The number of hydrogen-bond acceptors (Lipinski definition) is 3. The van der Waals surface area contributed by atoms with Crippen molar-refractivity contribution in [2.75, 3.05) is 6.54 Å². The smallest absolute Gasteiger partial charge is 0.407 e. The van der Waals surface area contributed by atoms with Gasteiger partial charge in [-0.25, -0.2) is 9.18 Å². The number of carbonyl (C=O) groups is 2. The molecule has 2 aromatic rings. The third-order valence-electron chi connectivity index (χ3n) is 3.75. The standard InChI is InChI=1S/C14H11Cl2FN4O3/c15-7-3-6(4-8(16)11(7)17)12-10(13(18)22)9-5-20(14(23)24)1-2-21(9)19-12/h3-4H,1-2,5H2,(H2,18,22)(H,23,24). The van der Waals surface area contributed by atoms with Gasteiger partial charge in [-0.3, -0.25) is 9.48 Å². The molecule has 0 fully saturated rings. The van der Waals surface area contributed by atoms with Crippen molar-refractivity contribution in [1.29, 1.82) is 0 Å². The van der Waals surface area contributed by atoms with Crippen molar-refractivity contribution in [1.82, 2.24) is 14.7 Å². The minimum atomic E-state index is -1.10. The summed E-state index contributed by atoms with van der Waals surface area (Å²) in [5, 5.41) is 13.0. The molecule has 0 aliphatic carbocycles. The molecule has 1 aromatic carbocycles. The van der Waals surface area contributed by atoms with Crippen LogP contribution in [0.15, 0.2) is 12.1 Å². The van der Waals surface area contributed by atoms with Gasteiger partial charge < -0.3 is 15.7 Å². The molecule has 1 aromatic heterocycles. The Bertz CT molecular complexity index is 845. The molecule has 3 rings (SSSR count). The second-order valence-corrected chi connectivity index (χ2v) is 6.03. The summed E-state index contributed by atoms with van der Waals surface area (Å²) >= 11 is 11.6. The number of benzene rings is 1. The van der Waals surface area contributed by atoms with Crippen LogP contribution >= 0.6 is 23.2 Å². The lowest BCUT2D eigenvalue weighted by molar-refractivity contribution is 0.0993. The lowest BCUT2D eigenvalue weighted by atomic mass is 10.0. The van der Waals surface area contributed by atoms with Crippen molar-refractivity contribution >= 4 is 35.2 Å². The van der Waals surface area contributed by atoms with E-state index >= 15 is 0 Å². The van der Waals surface area contributed by atoms with Crippen LogP contribution in [0.25, 0.3) is 11.3 Å². The van der Waals surface area contributed by atoms with Gasteiger partial charge in [0.15, 0.2) is 5.82 Å². The average Bonchev–Trinajstić information content (AvgIpc) is 2.90. The third-order valence-corrected chi connectivity index (χ3v) is 4.30. The number of amides is 2. The first-order chi connectivity index (χ1) is 11.3. The maximum Gasteiger partial charge on any atom is 0.407 e. The van der Waals surface area contributed by atoms with Crippen LogP contribution in [0.2, 0.25) is 10.0 Å². The Labute approximate surface area is 145 Å². The normalized spacial score (nSPS) is 13.7. The maximum absolute atomic E-state index is 13.6. The average molecular weight is 373 g/mol. The molecule has 0 bridgehead atoms. The van der Waals surface area contributed by atoms with Crippen LogP contribution in [0.3, 0.4) is 0 Å². The third kappa shape index (κ3) is 2.67. The molecule has 0 saturated carbocycles. The SMILES string of the molecule is NC(=O)c1c(-c2cc(Cl)c(F)c(Cl)c2)nn2c1CN(C(=O)O)CC2. The van der Waals surface area contributed by atoms with E-state index in [2.05, 4.69) is 5.10 Å². The molecule has 0 spiro atoms. The number of halogens is 3. The van der Waals surface area contributed by atoms with E-state index in [-0.39, 0.29) is 40.9 Å². The van der Waals surface area contributed by atoms with Gasteiger partial charge in [0.2, 0.25) is 0 Å². The van der Waals surface area contributed by atoms with Crippen molar-refractivity contribution in [2.45, 2.75) is 13.1 Å². The van der Waals surface area contributed by atoms with Crippen LogP contribution in [-0.4, -0.2) is 38.3 Å². The number of rotatable bonds is 2. The first-order valence-corrected chi connectivity index (χ1v) is 7.57.